The number of carbonyl (C=O) groups is 1. The number of pyridine rings is 1. The van der Waals surface area contributed by atoms with Crippen molar-refractivity contribution in [2.45, 2.75) is 19.4 Å². The summed E-state index contributed by atoms with van der Waals surface area (Å²) in [5.41, 5.74) is 11.7. The minimum Gasteiger partial charge on any atom is -0.396 e. The number of rotatable bonds is 4. The first-order valence-corrected chi connectivity index (χ1v) is 5.98. The number of amides is 1. The van der Waals surface area contributed by atoms with Gasteiger partial charge in [-0.15, -0.1) is 0 Å². The predicted octanol–water partition coefficient (Wildman–Crippen LogP) is 0.600. The fourth-order valence-electron chi connectivity index (χ4n) is 2.00. The lowest BCUT2D eigenvalue weighted by molar-refractivity contribution is 0.0995. The van der Waals surface area contributed by atoms with Gasteiger partial charge in [-0.1, -0.05) is 0 Å². The minimum absolute atomic E-state index is 0.186. The molecule has 1 aromatic rings. The van der Waals surface area contributed by atoms with E-state index in [2.05, 4.69) is 17.2 Å². The van der Waals surface area contributed by atoms with E-state index in [9.17, 15) is 4.79 Å². The Morgan fingerprint density at radius 2 is 2.39 bits per heavy atom. The summed E-state index contributed by atoms with van der Waals surface area (Å²) in [4.78, 5) is 15.2. The third-order valence-corrected chi connectivity index (χ3v) is 3.22. The molecule has 0 bridgehead atoms. The number of anilines is 2. The quantitative estimate of drug-likeness (QED) is 0.726. The Bertz CT molecular complexity index is 444. The number of hydrogen-bond acceptors (Lipinski definition) is 5. The number of ether oxygens (including phenoxy) is 1. The third-order valence-electron chi connectivity index (χ3n) is 3.22. The molecule has 2 unspecified atom stereocenters. The van der Waals surface area contributed by atoms with Crippen LogP contribution in [0.2, 0.25) is 0 Å². The molecule has 1 amide bonds. The largest absolute Gasteiger partial charge is 0.396 e. The first-order chi connectivity index (χ1) is 8.58. The molecule has 6 heteroatoms. The van der Waals surface area contributed by atoms with Crippen molar-refractivity contribution in [1.29, 1.82) is 0 Å². The summed E-state index contributed by atoms with van der Waals surface area (Å²) < 4.78 is 5.34. The van der Waals surface area contributed by atoms with E-state index < -0.39 is 5.91 Å². The summed E-state index contributed by atoms with van der Waals surface area (Å²) in [6.45, 7) is 3.59. The Labute approximate surface area is 106 Å². The van der Waals surface area contributed by atoms with E-state index in [1.54, 1.807) is 6.07 Å². The number of hydrogen-bond donors (Lipinski definition) is 3. The maximum atomic E-state index is 11.1. The average molecular weight is 250 g/mol. The Hall–Kier alpha value is -1.82. The van der Waals surface area contributed by atoms with Crippen molar-refractivity contribution in [3.05, 3.63) is 17.8 Å². The van der Waals surface area contributed by atoms with Gasteiger partial charge in [0, 0.05) is 18.6 Å². The molecular formula is C12H18N4O2. The predicted molar refractivity (Wildman–Crippen MR) is 69.2 cm³/mol. The zero-order valence-electron chi connectivity index (χ0n) is 10.3. The number of nitrogens with one attached hydrogen (secondary N) is 1. The number of nitrogen functional groups attached to an aromatic ring is 1. The highest BCUT2D eigenvalue weighted by molar-refractivity contribution is 5.91. The van der Waals surface area contributed by atoms with Crippen LogP contribution < -0.4 is 16.8 Å². The third kappa shape index (κ3) is 2.70. The van der Waals surface area contributed by atoms with Crippen LogP contribution >= 0.6 is 0 Å². The molecule has 2 atom stereocenters. The molecule has 0 saturated carbocycles. The van der Waals surface area contributed by atoms with Crippen LogP contribution in [0.15, 0.2) is 12.1 Å². The second-order valence-corrected chi connectivity index (χ2v) is 4.56. The number of nitrogens with zero attached hydrogens (tertiary/aromatic N) is 1. The number of aromatic nitrogens is 1. The Kier molecular flexibility index (Phi) is 3.66. The fourth-order valence-corrected chi connectivity index (χ4v) is 2.00. The van der Waals surface area contributed by atoms with Gasteiger partial charge in [-0.2, -0.15) is 0 Å². The minimum atomic E-state index is -0.560. The van der Waals surface area contributed by atoms with E-state index in [0.29, 0.717) is 17.4 Å². The average Bonchev–Trinajstić information content (AvgIpc) is 2.85. The van der Waals surface area contributed by atoms with Gasteiger partial charge in [0.2, 0.25) is 0 Å². The van der Waals surface area contributed by atoms with Crippen molar-refractivity contribution in [2.75, 3.05) is 24.3 Å². The van der Waals surface area contributed by atoms with E-state index in [4.69, 9.17) is 16.2 Å². The zero-order valence-corrected chi connectivity index (χ0v) is 10.3. The monoisotopic (exact) mass is 250 g/mol. The molecule has 1 aliphatic rings. The van der Waals surface area contributed by atoms with Crippen molar-refractivity contribution < 1.29 is 9.53 Å². The maximum Gasteiger partial charge on any atom is 0.267 e. The van der Waals surface area contributed by atoms with Crippen molar-refractivity contribution >= 4 is 17.4 Å². The van der Waals surface area contributed by atoms with Crippen LogP contribution in [-0.2, 0) is 4.74 Å². The first kappa shape index (κ1) is 12.6. The van der Waals surface area contributed by atoms with Crippen molar-refractivity contribution in [3.63, 3.8) is 0 Å². The van der Waals surface area contributed by atoms with Gasteiger partial charge in [0.25, 0.3) is 5.91 Å². The van der Waals surface area contributed by atoms with Gasteiger partial charge in [-0.3, -0.25) is 4.79 Å². The summed E-state index contributed by atoms with van der Waals surface area (Å²) >= 11 is 0. The number of primary amides is 1. The van der Waals surface area contributed by atoms with Crippen LogP contribution in [-0.4, -0.2) is 30.1 Å². The molecular weight excluding hydrogens is 232 g/mol. The van der Waals surface area contributed by atoms with Crippen LogP contribution in [0.5, 0.6) is 0 Å². The van der Waals surface area contributed by atoms with Gasteiger partial charge in [0.05, 0.1) is 12.3 Å². The van der Waals surface area contributed by atoms with Crippen LogP contribution in [0, 0.1) is 5.92 Å². The lowest BCUT2D eigenvalue weighted by Gasteiger charge is -2.20. The van der Waals surface area contributed by atoms with Gasteiger partial charge >= 0.3 is 0 Å². The van der Waals surface area contributed by atoms with E-state index in [1.165, 1.54) is 6.07 Å². The summed E-state index contributed by atoms with van der Waals surface area (Å²) in [6, 6.07) is 3.34. The summed E-state index contributed by atoms with van der Waals surface area (Å²) in [5.74, 6) is 0.379. The van der Waals surface area contributed by atoms with Crippen LogP contribution in [0.3, 0.4) is 0 Å². The molecule has 5 N–H and O–H groups in total. The highest BCUT2D eigenvalue weighted by Crippen LogP contribution is 2.22. The summed E-state index contributed by atoms with van der Waals surface area (Å²) in [6.07, 6.45) is 1.02. The van der Waals surface area contributed by atoms with Crippen LogP contribution in [0.1, 0.15) is 23.8 Å². The van der Waals surface area contributed by atoms with Crippen molar-refractivity contribution in [2.24, 2.45) is 11.7 Å². The maximum absolute atomic E-state index is 11.1. The molecule has 0 radical (unpaired) electrons. The molecule has 0 aliphatic carbocycles. The Morgan fingerprint density at radius 1 is 1.61 bits per heavy atom. The lowest BCUT2D eigenvalue weighted by atomic mass is 10.0. The molecule has 0 spiro atoms. The SMILES string of the molecule is CC(Nc1nc(C(N)=O)ccc1N)C1CCOC1. The molecule has 1 aliphatic heterocycles. The second-order valence-electron chi connectivity index (χ2n) is 4.56. The van der Waals surface area contributed by atoms with Crippen LogP contribution in [0.4, 0.5) is 11.5 Å². The topological polar surface area (TPSA) is 103 Å². The molecule has 2 heterocycles. The van der Waals surface area contributed by atoms with Crippen LogP contribution in [0.25, 0.3) is 0 Å². The molecule has 18 heavy (non-hydrogen) atoms. The molecule has 6 nitrogen and oxygen atoms in total. The Morgan fingerprint density at radius 3 is 3.00 bits per heavy atom. The lowest BCUT2D eigenvalue weighted by Crippen LogP contribution is -2.27. The molecule has 2 rings (SSSR count). The standard InChI is InChI=1S/C12H18N4O2/c1-7(8-4-5-18-6-8)15-12-9(13)2-3-10(16-12)11(14)17/h2-3,7-8H,4-6,13H2,1H3,(H2,14,17)(H,15,16). The van der Waals surface area contributed by atoms with Gasteiger partial charge in [0.15, 0.2) is 0 Å². The molecule has 0 aromatic carbocycles. The first-order valence-electron chi connectivity index (χ1n) is 5.98. The Balaban J connectivity index is 2.12. The molecule has 98 valence electrons. The van der Waals surface area contributed by atoms with Gasteiger partial charge in [0.1, 0.15) is 11.5 Å². The fraction of sp³-hybridized carbons (Fsp3) is 0.500. The van der Waals surface area contributed by atoms with Gasteiger partial charge in [-0.05, 0) is 25.5 Å². The molecule has 1 fully saturated rings. The number of nitrogens with two attached hydrogens (primary N) is 2. The van der Waals surface area contributed by atoms with Crippen molar-refractivity contribution in [3.8, 4) is 0 Å². The smallest absolute Gasteiger partial charge is 0.267 e. The normalized spacial score (nSPS) is 20.6. The highest BCUT2D eigenvalue weighted by Gasteiger charge is 2.23. The zero-order chi connectivity index (χ0) is 13.1. The molecule has 1 aromatic heterocycles. The summed E-state index contributed by atoms with van der Waals surface area (Å²) in [7, 11) is 0. The van der Waals surface area contributed by atoms with Gasteiger partial charge in [-0.25, -0.2) is 4.98 Å². The highest BCUT2D eigenvalue weighted by atomic mass is 16.5. The second kappa shape index (κ2) is 5.22. The number of carbonyl (C=O) groups excluding carboxylic acids is 1. The van der Waals surface area contributed by atoms with Crippen molar-refractivity contribution in [1.82, 2.24) is 4.98 Å². The van der Waals surface area contributed by atoms with E-state index in [-0.39, 0.29) is 11.7 Å². The van der Waals surface area contributed by atoms with E-state index >= 15 is 0 Å². The van der Waals surface area contributed by atoms with Gasteiger partial charge < -0.3 is 21.5 Å². The summed E-state index contributed by atoms with van der Waals surface area (Å²) in [5, 5.41) is 3.22. The van der Waals surface area contributed by atoms with E-state index in [0.717, 1.165) is 19.6 Å². The molecule has 1 saturated heterocycles. The van der Waals surface area contributed by atoms with E-state index in [1.807, 2.05) is 0 Å².